The number of rotatable bonds is 7. The van der Waals surface area contributed by atoms with Crippen LogP contribution in [-0.2, 0) is 4.74 Å². The molecule has 1 atom stereocenters. The lowest BCUT2D eigenvalue weighted by atomic mass is 10.1. The van der Waals surface area contributed by atoms with Crippen molar-refractivity contribution in [2.75, 3.05) is 39.4 Å². The lowest BCUT2D eigenvalue weighted by molar-refractivity contribution is 0.0356. The highest BCUT2D eigenvalue weighted by molar-refractivity contribution is 7.15. The topological polar surface area (TPSA) is 125 Å². The van der Waals surface area contributed by atoms with Gasteiger partial charge in [0, 0.05) is 26.2 Å². The van der Waals surface area contributed by atoms with Crippen LogP contribution in [0.2, 0.25) is 0 Å². The molecule has 0 radical (unpaired) electrons. The standard InChI is InChI=1S/C22H25N3O6S/c1-12-20(32-22(24-12)21(29)23-5-6-25-7-9-30-10-8-25)17-13(2)31-19-14(18(17)28)3-4-16(27)15(19)11-26/h3-4,11,21,23,27,29H,5-10H2,1-2H3. The van der Waals surface area contributed by atoms with Crippen molar-refractivity contribution in [3.8, 4) is 16.2 Å². The molecule has 2 aromatic heterocycles. The molecule has 0 bridgehead atoms. The Morgan fingerprint density at radius 2 is 2.06 bits per heavy atom. The molecule has 0 spiro atoms. The number of aromatic hydroxyl groups is 1. The summed E-state index contributed by atoms with van der Waals surface area (Å²) in [5, 5.41) is 24.2. The monoisotopic (exact) mass is 459 g/mol. The van der Waals surface area contributed by atoms with Gasteiger partial charge in [-0.1, -0.05) is 0 Å². The molecule has 32 heavy (non-hydrogen) atoms. The van der Waals surface area contributed by atoms with Gasteiger partial charge in [-0.05, 0) is 26.0 Å². The average molecular weight is 460 g/mol. The quantitative estimate of drug-likeness (QED) is 0.359. The number of aliphatic hydroxyl groups excluding tert-OH is 1. The molecule has 1 aromatic carbocycles. The Balaban J connectivity index is 1.60. The number of benzene rings is 1. The first-order valence-corrected chi connectivity index (χ1v) is 11.2. The molecule has 1 unspecified atom stereocenters. The lowest BCUT2D eigenvalue weighted by Crippen LogP contribution is -2.40. The fourth-order valence-electron chi connectivity index (χ4n) is 3.79. The number of fused-ring (bicyclic) bond motifs is 1. The van der Waals surface area contributed by atoms with E-state index < -0.39 is 6.23 Å². The van der Waals surface area contributed by atoms with Gasteiger partial charge in [0.1, 0.15) is 16.5 Å². The van der Waals surface area contributed by atoms with Gasteiger partial charge in [-0.3, -0.25) is 19.8 Å². The van der Waals surface area contributed by atoms with E-state index in [1.807, 2.05) is 0 Å². The van der Waals surface area contributed by atoms with Crippen molar-refractivity contribution < 1.29 is 24.2 Å². The lowest BCUT2D eigenvalue weighted by Gasteiger charge is -2.26. The number of nitrogens with one attached hydrogen (secondary N) is 1. The van der Waals surface area contributed by atoms with Crippen LogP contribution in [-0.4, -0.2) is 65.8 Å². The summed E-state index contributed by atoms with van der Waals surface area (Å²) >= 11 is 1.22. The van der Waals surface area contributed by atoms with E-state index >= 15 is 0 Å². The number of aliphatic hydroxyl groups is 1. The largest absolute Gasteiger partial charge is 0.507 e. The van der Waals surface area contributed by atoms with Gasteiger partial charge in [0.15, 0.2) is 18.1 Å². The van der Waals surface area contributed by atoms with Gasteiger partial charge in [0.2, 0.25) is 5.43 Å². The van der Waals surface area contributed by atoms with E-state index in [0.717, 1.165) is 32.8 Å². The second kappa shape index (κ2) is 9.47. The Labute approximate surface area is 188 Å². The molecule has 3 aromatic rings. The highest BCUT2D eigenvalue weighted by Gasteiger charge is 2.23. The Morgan fingerprint density at radius 3 is 2.78 bits per heavy atom. The first-order valence-electron chi connectivity index (χ1n) is 10.3. The molecule has 1 saturated heterocycles. The third kappa shape index (κ3) is 4.32. The number of hydrogen-bond acceptors (Lipinski definition) is 10. The highest BCUT2D eigenvalue weighted by atomic mass is 32.1. The number of carbonyl (C=O) groups excluding carboxylic acids is 1. The predicted molar refractivity (Wildman–Crippen MR) is 120 cm³/mol. The van der Waals surface area contributed by atoms with Crippen molar-refractivity contribution in [3.05, 3.63) is 44.4 Å². The molecule has 0 aliphatic carbocycles. The van der Waals surface area contributed by atoms with E-state index in [1.54, 1.807) is 13.8 Å². The second-order valence-electron chi connectivity index (χ2n) is 7.63. The minimum absolute atomic E-state index is 0.0541. The van der Waals surface area contributed by atoms with Crippen LogP contribution in [0.1, 0.15) is 33.0 Å². The van der Waals surface area contributed by atoms with E-state index in [2.05, 4.69) is 15.2 Å². The van der Waals surface area contributed by atoms with Crippen molar-refractivity contribution in [1.29, 1.82) is 0 Å². The third-order valence-electron chi connectivity index (χ3n) is 5.51. The molecule has 0 saturated carbocycles. The SMILES string of the molecule is Cc1nc(C(O)NCCN2CCOCC2)sc1-c1c(C)oc2c(C=O)c(O)ccc2c1=O. The summed E-state index contributed by atoms with van der Waals surface area (Å²) < 4.78 is 11.1. The zero-order valence-electron chi connectivity index (χ0n) is 17.9. The van der Waals surface area contributed by atoms with Gasteiger partial charge < -0.3 is 19.4 Å². The van der Waals surface area contributed by atoms with Crippen LogP contribution in [0.25, 0.3) is 21.4 Å². The molecule has 3 heterocycles. The molecule has 170 valence electrons. The van der Waals surface area contributed by atoms with E-state index in [4.69, 9.17) is 9.15 Å². The number of carbonyl (C=O) groups is 1. The van der Waals surface area contributed by atoms with Gasteiger partial charge in [-0.15, -0.1) is 11.3 Å². The summed E-state index contributed by atoms with van der Waals surface area (Å²) in [4.78, 5) is 31.9. The second-order valence-corrected chi connectivity index (χ2v) is 8.66. The number of phenols is 1. The van der Waals surface area contributed by atoms with Crippen molar-refractivity contribution in [3.63, 3.8) is 0 Å². The van der Waals surface area contributed by atoms with Crippen LogP contribution in [0.5, 0.6) is 5.75 Å². The van der Waals surface area contributed by atoms with Gasteiger partial charge >= 0.3 is 0 Å². The Morgan fingerprint density at radius 1 is 1.31 bits per heavy atom. The number of aryl methyl sites for hydroxylation is 2. The fourth-order valence-corrected chi connectivity index (χ4v) is 4.91. The van der Waals surface area contributed by atoms with Crippen LogP contribution in [0.15, 0.2) is 21.3 Å². The van der Waals surface area contributed by atoms with Crippen molar-refractivity contribution in [2.45, 2.75) is 20.1 Å². The number of ether oxygens (including phenoxy) is 1. The summed E-state index contributed by atoms with van der Waals surface area (Å²) in [6, 6.07) is 2.74. The first kappa shape index (κ1) is 22.6. The van der Waals surface area contributed by atoms with Crippen molar-refractivity contribution in [1.82, 2.24) is 15.2 Å². The summed E-state index contributed by atoms with van der Waals surface area (Å²) in [7, 11) is 0. The molecule has 1 aliphatic rings. The van der Waals surface area contributed by atoms with E-state index in [9.17, 15) is 19.8 Å². The van der Waals surface area contributed by atoms with Crippen molar-refractivity contribution >= 4 is 28.6 Å². The maximum absolute atomic E-state index is 13.2. The molecule has 10 heteroatoms. The zero-order chi connectivity index (χ0) is 22.8. The van der Waals surface area contributed by atoms with Crippen LogP contribution in [0.3, 0.4) is 0 Å². The van der Waals surface area contributed by atoms with Crippen molar-refractivity contribution in [2.24, 2.45) is 0 Å². The van der Waals surface area contributed by atoms with E-state index in [-0.39, 0.29) is 27.7 Å². The molecule has 3 N–H and O–H groups in total. The molecule has 1 fully saturated rings. The minimum Gasteiger partial charge on any atom is -0.507 e. The Kier molecular flexibility index (Phi) is 6.68. The number of aromatic nitrogens is 1. The first-order chi connectivity index (χ1) is 15.4. The number of hydrogen-bond donors (Lipinski definition) is 3. The highest BCUT2D eigenvalue weighted by Crippen LogP contribution is 2.35. The molecule has 4 rings (SSSR count). The molecular weight excluding hydrogens is 434 g/mol. The number of phenolic OH excluding ortho intramolecular Hbond substituents is 1. The summed E-state index contributed by atoms with van der Waals surface area (Å²) in [6.07, 6.45) is -0.491. The Hall–Kier alpha value is -2.63. The zero-order valence-corrected chi connectivity index (χ0v) is 18.7. The normalized spacial score (nSPS) is 15.8. The number of aldehydes is 1. The van der Waals surface area contributed by atoms with E-state index in [1.165, 1.54) is 23.5 Å². The van der Waals surface area contributed by atoms with Crippen LogP contribution >= 0.6 is 11.3 Å². The van der Waals surface area contributed by atoms with Crippen LogP contribution in [0, 0.1) is 13.8 Å². The molecule has 9 nitrogen and oxygen atoms in total. The summed E-state index contributed by atoms with van der Waals surface area (Å²) in [6.45, 7) is 7.97. The van der Waals surface area contributed by atoms with Gasteiger partial charge in [-0.2, -0.15) is 0 Å². The predicted octanol–water partition coefficient (Wildman–Crippen LogP) is 1.96. The number of morpholine rings is 1. The van der Waals surface area contributed by atoms with Gasteiger partial charge in [0.25, 0.3) is 0 Å². The average Bonchev–Trinajstić information content (AvgIpc) is 3.15. The smallest absolute Gasteiger partial charge is 0.201 e. The minimum atomic E-state index is -0.958. The Bertz CT molecular complexity index is 1200. The molecule has 0 amide bonds. The molecular formula is C22H25N3O6S. The molecule has 1 aliphatic heterocycles. The number of thiazole rings is 1. The summed E-state index contributed by atoms with van der Waals surface area (Å²) in [5.41, 5.74) is 0.610. The maximum Gasteiger partial charge on any atom is 0.201 e. The fraction of sp³-hybridized carbons (Fsp3) is 0.409. The van der Waals surface area contributed by atoms with Crippen LogP contribution in [0.4, 0.5) is 0 Å². The number of nitrogens with zero attached hydrogens (tertiary/aromatic N) is 2. The summed E-state index contributed by atoms with van der Waals surface area (Å²) in [5.74, 6) is 0.0644. The van der Waals surface area contributed by atoms with Gasteiger partial charge in [-0.25, -0.2) is 4.98 Å². The van der Waals surface area contributed by atoms with Crippen LogP contribution < -0.4 is 10.7 Å². The van der Waals surface area contributed by atoms with E-state index in [0.29, 0.717) is 39.7 Å². The maximum atomic E-state index is 13.2. The third-order valence-corrected chi connectivity index (χ3v) is 6.74. The van der Waals surface area contributed by atoms with Gasteiger partial charge in [0.05, 0.1) is 40.3 Å².